The molecule has 144 valence electrons. The third-order valence-corrected chi connectivity index (χ3v) is 5.13. The second-order valence-corrected chi connectivity index (χ2v) is 8.54. The molecule has 2 aliphatic rings. The van der Waals surface area contributed by atoms with E-state index in [1.807, 2.05) is 32.9 Å². The van der Waals surface area contributed by atoms with Crippen LogP contribution in [0.2, 0.25) is 0 Å². The van der Waals surface area contributed by atoms with E-state index in [0.29, 0.717) is 24.5 Å². The number of rotatable bonds is 3. The van der Waals surface area contributed by atoms with E-state index in [2.05, 4.69) is 30.0 Å². The number of aromatic nitrogens is 1. The average Bonchev–Trinajstić information content (AvgIpc) is 2.84. The Morgan fingerprint density at radius 1 is 1.33 bits per heavy atom. The Bertz CT molecular complexity index is 789. The van der Waals surface area contributed by atoms with Crippen molar-refractivity contribution in [2.75, 3.05) is 11.4 Å². The molecule has 5 nitrogen and oxygen atoms in total. The molecule has 0 bridgehead atoms. The topological polar surface area (TPSA) is 54.5 Å². The van der Waals surface area contributed by atoms with E-state index in [4.69, 9.17) is 4.74 Å². The van der Waals surface area contributed by atoms with Gasteiger partial charge in [0, 0.05) is 41.5 Å². The van der Waals surface area contributed by atoms with Crippen LogP contribution in [0.5, 0.6) is 0 Å². The van der Waals surface area contributed by atoms with Gasteiger partial charge in [-0.25, -0.2) is 4.98 Å². The third-order valence-electron chi connectivity index (χ3n) is 5.13. The first kappa shape index (κ1) is 19.2. The van der Waals surface area contributed by atoms with Crippen molar-refractivity contribution in [3.05, 3.63) is 55.0 Å². The highest BCUT2D eigenvalue weighted by Crippen LogP contribution is 2.44. The smallest absolute Gasteiger partial charge is 0.229 e. The van der Waals surface area contributed by atoms with Crippen molar-refractivity contribution in [2.24, 2.45) is 5.41 Å². The number of pyridine rings is 1. The van der Waals surface area contributed by atoms with Gasteiger partial charge >= 0.3 is 0 Å². The summed E-state index contributed by atoms with van der Waals surface area (Å²) in [7, 11) is 0. The molecule has 1 aromatic heterocycles. The van der Waals surface area contributed by atoms with Gasteiger partial charge in [-0.05, 0) is 52.2 Å². The monoisotopic (exact) mass is 367 g/mol. The summed E-state index contributed by atoms with van der Waals surface area (Å²) >= 11 is 0. The third kappa shape index (κ3) is 4.07. The number of nitrogens with zero attached hydrogens (tertiary/aromatic N) is 2. The van der Waals surface area contributed by atoms with Gasteiger partial charge in [0.2, 0.25) is 5.91 Å². The molecule has 3 rings (SSSR count). The van der Waals surface area contributed by atoms with Crippen molar-refractivity contribution in [1.29, 1.82) is 0 Å². The Hall–Kier alpha value is -2.56. The number of ether oxygens (including phenoxy) is 1. The largest absolute Gasteiger partial charge is 0.488 e. The Balaban J connectivity index is 1.77. The lowest BCUT2D eigenvalue weighted by Crippen LogP contribution is -2.33. The van der Waals surface area contributed by atoms with Gasteiger partial charge < -0.3 is 10.1 Å². The minimum absolute atomic E-state index is 0.0791. The first-order valence-electron chi connectivity index (χ1n) is 9.39. The summed E-state index contributed by atoms with van der Waals surface area (Å²) in [5, 5.41) is 3.30. The first-order valence-corrected chi connectivity index (χ1v) is 9.39. The highest BCUT2D eigenvalue weighted by atomic mass is 16.5. The van der Waals surface area contributed by atoms with Crippen molar-refractivity contribution in [3.63, 3.8) is 0 Å². The van der Waals surface area contributed by atoms with Crippen LogP contribution >= 0.6 is 0 Å². The summed E-state index contributed by atoms with van der Waals surface area (Å²) in [4.78, 5) is 19.0. The maximum Gasteiger partial charge on any atom is 0.229 e. The van der Waals surface area contributed by atoms with Crippen LogP contribution in [0.1, 0.15) is 52.0 Å². The zero-order valence-corrected chi connectivity index (χ0v) is 16.6. The quantitative estimate of drug-likeness (QED) is 0.805. The van der Waals surface area contributed by atoms with Crippen molar-refractivity contribution >= 4 is 17.5 Å². The molecule has 2 aliphatic heterocycles. The van der Waals surface area contributed by atoms with Crippen LogP contribution in [0.3, 0.4) is 0 Å². The van der Waals surface area contributed by atoms with Gasteiger partial charge in [-0.1, -0.05) is 19.7 Å². The van der Waals surface area contributed by atoms with Crippen LogP contribution in [0.15, 0.2) is 49.5 Å². The van der Waals surface area contributed by atoms with E-state index in [9.17, 15) is 4.79 Å². The van der Waals surface area contributed by atoms with Crippen LogP contribution < -0.4 is 10.2 Å². The molecule has 1 N–H and O–H groups in total. The molecule has 0 aromatic carbocycles. The van der Waals surface area contributed by atoms with Gasteiger partial charge in [0.15, 0.2) is 0 Å². The SMILES string of the molecule is C=C1CCCC2(CC(=O)N(c3ccc(C(=C)OC(C)(C)C)cn3)C2)C(=C)N1. The van der Waals surface area contributed by atoms with Crippen LogP contribution in [0.25, 0.3) is 5.76 Å². The van der Waals surface area contributed by atoms with E-state index >= 15 is 0 Å². The highest BCUT2D eigenvalue weighted by molar-refractivity contribution is 5.96. The lowest BCUT2D eigenvalue weighted by atomic mass is 9.80. The normalized spacial score (nSPS) is 23.4. The molecule has 1 aromatic rings. The van der Waals surface area contributed by atoms with Gasteiger partial charge in [-0.3, -0.25) is 9.69 Å². The second-order valence-electron chi connectivity index (χ2n) is 8.54. The maximum atomic E-state index is 12.7. The summed E-state index contributed by atoms with van der Waals surface area (Å²) in [6, 6.07) is 3.76. The number of amides is 1. The Morgan fingerprint density at radius 2 is 2.07 bits per heavy atom. The van der Waals surface area contributed by atoms with Crippen molar-refractivity contribution < 1.29 is 9.53 Å². The number of carbonyl (C=O) groups is 1. The van der Waals surface area contributed by atoms with Gasteiger partial charge in [0.25, 0.3) is 0 Å². The Morgan fingerprint density at radius 3 is 2.70 bits per heavy atom. The molecule has 1 amide bonds. The fourth-order valence-electron chi connectivity index (χ4n) is 3.75. The predicted molar refractivity (Wildman–Crippen MR) is 109 cm³/mol. The zero-order chi connectivity index (χ0) is 19.8. The lowest BCUT2D eigenvalue weighted by molar-refractivity contribution is -0.117. The second kappa shape index (κ2) is 6.87. The first-order chi connectivity index (χ1) is 12.6. The highest BCUT2D eigenvalue weighted by Gasteiger charge is 2.46. The predicted octanol–water partition coefficient (Wildman–Crippen LogP) is 4.39. The molecule has 5 heteroatoms. The molecule has 1 unspecified atom stereocenters. The molecular formula is C22H29N3O2. The van der Waals surface area contributed by atoms with E-state index in [-0.39, 0.29) is 16.9 Å². The fraction of sp³-hybridized carbons (Fsp3) is 0.455. The van der Waals surface area contributed by atoms with E-state index in [1.54, 1.807) is 11.1 Å². The summed E-state index contributed by atoms with van der Waals surface area (Å²) in [6.07, 6.45) is 5.01. The van der Waals surface area contributed by atoms with Gasteiger partial charge in [-0.2, -0.15) is 0 Å². The van der Waals surface area contributed by atoms with Crippen molar-refractivity contribution in [2.45, 2.75) is 52.1 Å². The molecule has 0 radical (unpaired) electrons. The van der Waals surface area contributed by atoms with Crippen molar-refractivity contribution in [3.8, 4) is 0 Å². The van der Waals surface area contributed by atoms with Crippen LogP contribution in [0, 0.1) is 5.41 Å². The summed E-state index contributed by atoms with van der Waals surface area (Å²) in [5.74, 6) is 1.31. The minimum Gasteiger partial charge on any atom is -0.488 e. The van der Waals surface area contributed by atoms with Crippen LogP contribution in [-0.2, 0) is 9.53 Å². The molecular weight excluding hydrogens is 338 g/mol. The standard InChI is InChI=1S/C22H29N3O2/c1-15-8-7-11-22(17(3)24-15)12-20(26)25(14-22)19-10-9-18(13-23-19)16(2)27-21(4,5)6/h9-10,13,24H,1-3,7-8,11-12,14H2,4-6H3. The molecule has 0 aliphatic carbocycles. The van der Waals surface area contributed by atoms with Gasteiger partial charge in [0.1, 0.15) is 17.2 Å². The van der Waals surface area contributed by atoms with E-state index in [1.165, 1.54) is 0 Å². The molecule has 2 saturated heterocycles. The van der Waals surface area contributed by atoms with Crippen LogP contribution in [0.4, 0.5) is 5.82 Å². The molecule has 27 heavy (non-hydrogen) atoms. The number of allylic oxidation sites excluding steroid dienone is 1. The minimum atomic E-state index is -0.316. The zero-order valence-electron chi connectivity index (χ0n) is 16.6. The molecule has 3 heterocycles. The number of carbonyl (C=O) groups excluding carboxylic acids is 1. The Kier molecular flexibility index (Phi) is 4.89. The average molecular weight is 367 g/mol. The molecule has 1 atom stereocenters. The molecule has 0 saturated carbocycles. The van der Waals surface area contributed by atoms with Crippen molar-refractivity contribution in [1.82, 2.24) is 10.3 Å². The number of nitrogens with one attached hydrogen (secondary N) is 1. The molecule has 1 spiro atoms. The summed E-state index contributed by atoms with van der Waals surface area (Å²) < 4.78 is 5.80. The van der Waals surface area contributed by atoms with E-state index < -0.39 is 0 Å². The van der Waals surface area contributed by atoms with Crippen LogP contribution in [-0.4, -0.2) is 23.0 Å². The lowest BCUT2D eigenvalue weighted by Gasteiger charge is -2.29. The Labute approximate surface area is 161 Å². The van der Waals surface area contributed by atoms with Gasteiger partial charge in [0.05, 0.1) is 0 Å². The number of anilines is 1. The maximum absolute atomic E-state index is 12.7. The summed E-state index contributed by atoms with van der Waals surface area (Å²) in [6.45, 7) is 18.7. The number of hydrogen-bond donors (Lipinski definition) is 1. The molecule has 2 fully saturated rings. The summed E-state index contributed by atoms with van der Waals surface area (Å²) in [5.41, 5.74) is 2.11. The fourth-order valence-corrected chi connectivity index (χ4v) is 3.75. The van der Waals surface area contributed by atoms with E-state index in [0.717, 1.165) is 36.2 Å². The van der Waals surface area contributed by atoms with Gasteiger partial charge in [-0.15, -0.1) is 0 Å². The number of hydrogen-bond acceptors (Lipinski definition) is 4.